The minimum Gasteiger partial charge on any atom is -0.497 e. The normalized spacial score (nSPS) is 19.8. The van der Waals surface area contributed by atoms with Gasteiger partial charge in [0.2, 0.25) is 11.8 Å². The van der Waals surface area contributed by atoms with E-state index in [9.17, 15) is 14.4 Å². The maximum absolute atomic E-state index is 13.3. The van der Waals surface area contributed by atoms with Crippen molar-refractivity contribution in [3.63, 3.8) is 0 Å². The SMILES string of the molecule is COc1cccc(NC(=O)CN2C(=O)N(Cc3ccc(C)c(C)c3)C(=O)C3SC=CC32)c1. The van der Waals surface area contributed by atoms with Crippen LogP contribution in [-0.2, 0) is 16.1 Å². The number of anilines is 1. The van der Waals surface area contributed by atoms with Crippen molar-refractivity contribution in [1.82, 2.24) is 9.80 Å². The van der Waals surface area contributed by atoms with Crippen LogP contribution in [0.25, 0.3) is 0 Å². The third-order valence-corrected chi connectivity index (χ3v) is 6.82. The largest absolute Gasteiger partial charge is 0.497 e. The number of ether oxygens (including phenoxy) is 1. The number of nitrogens with zero attached hydrogens (tertiary/aromatic N) is 2. The van der Waals surface area contributed by atoms with Crippen molar-refractivity contribution in [2.24, 2.45) is 0 Å². The molecule has 0 saturated carbocycles. The zero-order chi connectivity index (χ0) is 22.8. The zero-order valence-electron chi connectivity index (χ0n) is 18.2. The summed E-state index contributed by atoms with van der Waals surface area (Å²) in [5.41, 5.74) is 3.71. The Hall–Kier alpha value is -3.26. The Balaban J connectivity index is 1.52. The number of hydrogen-bond donors (Lipinski definition) is 1. The first-order valence-electron chi connectivity index (χ1n) is 10.3. The molecule has 0 aliphatic carbocycles. The van der Waals surface area contributed by atoms with Crippen molar-refractivity contribution in [2.45, 2.75) is 31.7 Å². The molecule has 32 heavy (non-hydrogen) atoms. The van der Waals surface area contributed by atoms with E-state index in [4.69, 9.17) is 4.74 Å². The number of imide groups is 1. The molecular formula is C24H25N3O4S. The maximum atomic E-state index is 13.3. The van der Waals surface area contributed by atoms with Crippen molar-refractivity contribution in [3.05, 3.63) is 70.6 Å². The molecule has 4 rings (SSSR count). The molecule has 2 aliphatic rings. The van der Waals surface area contributed by atoms with Gasteiger partial charge in [-0.2, -0.15) is 0 Å². The fourth-order valence-corrected chi connectivity index (χ4v) is 4.92. The Labute approximate surface area is 191 Å². The highest BCUT2D eigenvalue weighted by molar-refractivity contribution is 8.03. The molecule has 0 aromatic heterocycles. The molecule has 1 saturated heterocycles. The van der Waals surface area contributed by atoms with Gasteiger partial charge in [0.05, 0.1) is 19.7 Å². The van der Waals surface area contributed by atoms with Gasteiger partial charge in [0.15, 0.2) is 0 Å². The van der Waals surface area contributed by atoms with E-state index in [1.165, 1.54) is 21.6 Å². The molecule has 2 aliphatic heterocycles. The van der Waals surface area contributed by atoms with Gasteiger partial charge in [-0.05, 0) is 48.1 Å². The molecule has 0 radical (unpaired) electrons. The van der Waals surface area contributed by atoms with Crippen LogP contribution in [0.1, 0.15) is 16.7 Å². The fraction of sp³-hybridized carbons (Fsp3) is 0.292. The molecule has 0 bridgehead atoms. The first-order chi connectivity index (χ1) is 15.4. The summed E-state index contributed by atoms with van der Waals surface area (Å²) < 4.78 is 5.19. The summed E-state index contributed by atoms with van der Waals surface area (Å²) in [6, 6.07) is 12.0. The van der Waals surface area contributed by atoms with Gasteiger partial charge in [-0.1, -0.05) is 30.3 Å². The zero-order valence-corrected chi connectivity index (χ0v) is 19.0. The highest BCUT2D eigenvalue weighted by Gasteiger charge is 2.47. The molecule has 1 N–H and O–H groups in total. The molecule has 7 nitrogen and oxygen atoms in total. The summed E-state index contributed by atoms with van der Waals surface area (Å²) in [6.07, 6.45) is 1.82. The average molecular weight is 452 g/mol. The molecule has 2 atom stereocenters. The van der Waals surface area contributed by atoms with Crippen LogP contribution in [0.5, 0.6) is 5.75 Å². The Morgan fingerprint density at radius 3 is 2.69 bits per heavy atom. The Bertz CT molecular complexity index is 1100. The van der Waals surface area contributed by atoms with Gasteiger partial charge in [0.1, 0.15) is 17.5 Å². The third-order valence-electron chi connectivity index (χ3n) is 5.74. The maximum Gasteiger partial charge on any atom is 0.328 e. The van der Waals surface area contributed by atoms with Crippen LogP contribution < -0.4 is 10.1 Å². The molecule has 2 aromatic carbocycles. The van der Waals surface area contributed by atoms with Crippen molar-refractivity contribution < 1.29 is 19.1 Å². The van der Waals surface area contributed by atoms with Crippen LogP contribution in [-0.4, -0.2) is 52.6 Å². The first-order valence-corrected chi connectivity index (χ1v) is 11.3. The topological polar surface area (TPSA) is 79.0 Å². The smallest absolute Gasteiger partial charge is 0.328 e. The van der Waals surface area contributed by atoms with Gasteiger partial charge in [0.25, 0.3) is 0 Å². The summed E-state index contributed by atoms with van der Waals surface area (Å²) in [5, 5.41) is 4.19. The molecule has 0 spiro atoms. The number of hydrogen-bond acceptors (Lipinski definition) is 5. The number of nitrogens with one attached hydrogen (secondary N) is 1. The summed E-state index contributed by atoms with van der Waals surface area (Å²) in [4.78, 5) is 41.9. The van der Waals surface area contributed by atoms with Crippen LogP contribution in [0, 0.1) is 13.8 Å². The summed E-state index contributed by atoms with van der Waals surface area (Å²) in [6.45, 7) is 4.04. The molecule has 8 heteroatoms. The fourth-order valence-electron chi connectivity index (χ4n) is 3.85. The molecule has 2 unspecified atom stereocenters. The van der Waals surface area contributed by atoms with Crippen molar-refractivity contribution >= 4 is 35.3 Å². The van der Waals surface area contributed by atoms with Crippen molar-refractivity contribution in [3.8, 4) is 5.75 Å². The quantitative estimate of drug-likeness (QED) is 0.724. The molecule has 2 heterocycles. The summed E-state index contributed by atoms with van der Waals surface area (Å²) >= 11 is 1.38. The first kappa shape index (κ1) is 22.0. The van der Waals surface area contributed by atoms with Gasteiger partial charge in [-0.15, -0.1) is 11.8 Å². The van der Waals surface area contributed by atoms with Gasteiger partial charge in [-0.3, -0.25) is 14.5 Å². The predicted molar refractivity (Wildman–Crippen MR) is 124 cm³/mol. The molecule has 4 amide bonds. The molecular weight excluding hydrogens is 426 g/mol. The number of urea groups is 1. The highest BCUT2D eigenvalue weighted by Crippen LogP contribution is 2.35. The van der Waals surface area contributed by atoms with Gasteiger partial charge in [0, 0.05) is 11.8 Å². The van der Waals surface area contributed by atoms with E-state index in [1.807, 2.05) is 43.5 Å². The van der Waals surface area contributed by atoms with Crippen LogP contribution in [0.15, 0.2) is 53.9 Å². The van der Waals surface area contributed by atoms with Crippen LogP contribution >= 0.6 is 11.8 Å². The lowest BCUT2D eigenvalue weighted by molar-refractivity contribution is -0.132. The minimum absolute atomic E-state index is 0.154. The van der Waals surface area contributed by atoms with Crippen LogP contribution in [0.3, 0.4) is 0 Å². The van der Waals surface area contributed by atoms with Gasteiger partial charge >= 0.3 is 6.03 Å². The lowest BCUT2D eigenvalue weighted by Crippen LogP contribution is -2.62. The molecule has 1 fully saturated rings. The summed E-state index contributed by atoms with van der Waals surface area (Å²) in [5.74, 6) is 0.0611. The predicted octanol–water partition coefficient (Wildman–Crippen LogP) is 3.71. The Morgan fingerprint density at radius 2 is 1.94 bits per heavy atom. The van der Waals surface area contributed by atoms with E-state index >= 15 is 0 Å². The number of amides is 4. The van der Waals surface area contributed by atoms with Crippen LogP contribution in [0.4, 0.5) is 10.5 Å². The van der Waals surface area contributed by atoms with E-state index in [-0.39, 0.29) is 24.9 Å². The van der Waals surface area contributed by atoms with Gasteiger partial charge < -0.3 is 15.0 Å². The number of fused-ring (bicyclic) bond motifs is 1. The number of rotatable bonds is 6. The second-order valence-electron chi connectivity index (χ2n) is 7.91. The Morgan fingerprint density at radius 1 is 1.12 bits per heavy atom. The number of carbonyl (C=O) groups excluding carboxylic acids is 3. The third kappa shape index (κ3) is 4.36. The number of methoxy groups -OCH3 is 1. The number of benzene rings is 2. The summed E-state index contributed by atoms with van der Waals surface area (Å²) in [7, 11) is 1.55. The van der Waals surface area contributed by atoms with Crippen LogP contribution in [0.2, 0.25) is 0 Å². The van der Waals surface area contributed by atoms with E-state index in [0.29, 0.717) is 11.4 Å². The highest BCUT2D eigenvalue weighted by atomic mass is 32.2. The standard InChI is InChI=1S/C24H25N3O4S/c1-15-7-8-17(11-16(15)2)13-27-23(29)22-20(9-10-32-22)26(24(27)30)14-21(28)25-18-5-4-6-19(12-18)31-3/h4-12,20,22H,13-14H2,1-3H3,(H,25,28). The van der Waals surface area contributed by atoms with E-state index < -0.39 is 17.3 Å². The minimum atomic E-state index is -0.456. The van der Waals surface area contributed by atoms with E-state index in [0.717, 1.165) is 16.7 Å². The number of aryl methyl sites for hydroxylation is 2. The second kappa shape index (κ2) is 9.08. The lowest BCUT2D eigenvalue weighted by Gasteiger charge is -2.41. The lowest BCUT2D eigenvalue weighted by atomic mass is 10.0. The molecule has 166 valence electrons. The number of thioether (sulfide) groups is 1. The van der Waals surface area contributed by atoms with Gasteiger partial charge in [-0.25, -0.2) is 4.79 Å². The Kier molecular flexibility index (Phi) is 6.23. The number of carbonyl (C=O) groups is 3. The average Bonchev–Trinajstić information content (AvgIpc) is 3.27. The van der Waals surface area contributed by atoms with E-state index in [1.54, 1.807) is 31.4 Å². The monoisotopic (exact) mass is 451 g/mol. The van der Waals surface area contributed by atoms with E-state index in [2.05, 4.69) is 5.32 Å². The van der Waals surface area contributed by atoms with Crippen molar-refractivity contribution in [2.75, 3.05) is 19.0 Å². The van der Waals surface area contributed by atoms with Crippen molar-refractivity contribution in [1.29, 1.82) is 0 Å². The molecule has 2 aromatic rings. The second-order valence-corrected chi connectivity index (χ2v) is 8.96.